The normalized spacial score (nSPS) is 13.6. The Morgan fingerprint density at radius 1 is 1.06 bits per heavy atom. The van der Waals surface area contributed by atoms with Crippen LogP contribution in [0.15, 0.2) is 72.8 Å². The highest BCUT2D eigenvalue weighted by Gasteiger charge is 2.36. The number of hydrogen-bond donors (Lipinski definition) is 1. The van der Waals surface area contributed by atoms with Crippen molar-refractivity contribution >= 4 is 39.3 Å². The second-order valence-corrected chi connectivity index (χ2v) is 9.74. The molecule has 0 amide bonds. The first-order valence-electron chi connectivity index (χ1n) is 9.82. The Balaban J connectivity index is 1.52. The maximum Gasteiger partial charge on any atom is 0.416 e. The molecule has 1 aromatic heterocycles. The Labute approximate surface area is 196 Å². The van der Waals surface area contributed by atoms with Gasteiger partial charge in [-0.05, 0) is 48.9 Å². The number of para-hydroxylation sites is 1. The topological polar surface area (TPSA) is 59.4 Å². The number of alkyl halides is 3. The number of hydrogen-bond acceptors (Lipinski definition) is 5. The van der Waals surface area contributed by atoms with Gasteiger partial charge in [-0.3, -0.25) is 0 Å². The number of carbonyl (C=O) groups is 1. The van der Waals surface area contributed by atoms with Crippen LogP contribution in [0, 0.1) is 0 Å². The molecule has 4 nitrogen and oxygen atoms in total. The van der Waals surface area contributed by atoms with E-state index in [4.69, 9.17) is 4.74 Å². The largest absolute Gasteiger partial charge is 0.478 e. The summed E-state index contributed by atoms with van der Waals surface area (Å²) in [4.78, 5) is 14.9. The molecule has 9 heteroatoms. The van der Waals surface area contributed by atoms with E-state index in [2.05, 4.69) is 4.98 Å². The van der Waals surface area contributed by atoms with E-state index in [9.17, 15) is 23.1 Å². The molecule has 1 atom stereocenters. The van der Waals surface area contributed by atoms with Crippen LogP contribution in [-0.2, 0) is 16.7 Å². The quantitative estimate of drug-likeness (QED) is 0.281. The minimum atomic E-state index is -4.38. The summed E-state index contributed by atoms with van der Waals surface area (Å²) in [5.41, 5.74) is 1.52. The van der Waals surface area contributed by atoms with Crippen molar-refractivity contribution in [2.45, 2.75) is 23.8 Å². The number of ether oxygens (including phenoxy) is 1. The van der Waals surface area contributed by atoms with Gasteiger partial charge in [0.1, 0.15) is 10.8 Å². The number of carboxylic acids is 1. The molecule has 1 unspecified atom stereocenters. The number of fused-ring (bicyclic) bond motifs is 1. The minimum absolute atomic E-state index is 0.388. The predicted molar refractivity (Wildman–Crippen MR) is 124 cm³/mol. The van der Waals surface area contributed by atoms with Crippen molar-refractivity contribution in [2.24, 2.45) is 0 Å². The van der Waals surface area contributed by atoms with E-state index in [0.29, 0.717) is 22.1 Å². The summed E-state index contributed by atoms with van der Waals surface area (Å²) in [6.07, 6.45) is -4.38. The summed E-state index contributed by atoms with van der Waals surface area (Å²) >= 11 is 2.52. The van der Waals surface area contributed by atoms with Gasteiger partial charge in [0.2, 0.25) is 4.93 Å². The number of carboxylic acid groups (broad SMARTS) is 1. The molecule has 0 fully saturated rings. The number of aromatic nitrogens is 1. The van der Waals surface area contributed by atoms with Gasteiger partial charge in [0.25, 0.3) is 0 Å². The van der Waals surface area contributed by atoms with Gasteiger partial charge in [0.15, 0.2) is 0 Å². The summed E-state index contributed by atoms with van der Waals surface area (Å²) in [5.74, 6) is -0.229. The lowest BCUT2D eigenvalue weighted by atomic mass is 10.1. The minimum Gasteiger partial charge on any atom is -0.478 e. The summed E-state index contributed by atoms with van der Waals surface area (Å²) in [7, 11) is 0. The van der Waals surface area contributed by atoms with E-state index in [1.165, 1.54) is 30.4 Å². The van der Waals surface area contributed by atoms with Gasteiger partial charge >= 0.3 is 12.1 Å². The highest BCUT2D eigenvalue weighted by Crippen LogP contribution is 2.36. The van der Waals surface area contributed by atoms with Crippen LogP contribution >= 0.6 is 23.1 Å². The molecule has 0 aliphatic carbocycles. The fraction of sp³-hybridized carbons (Fsp3) is 0.167. The van der Waals surface area contributed by atoms with Crippen LogP contribution in [0.2, 0.25) is 0 Å². The molecular formula is C24H18F3NO3S2. The van der Waals surface area contributed by atoms with Gasteiger partial charge in [-0.15, -0.1) is 11.3 Å². The second-order valence-electron chi connectivity index (χ2n) is 7.35. The molecule has 1 N–H and O–H groups in total. The lowest BCUT2D eigenvalue weighted by molar-refractivity contribution is -0.146. The van der Waals surface area contributed by atoms with Gasteiger partial charge in [0, 0.05) is 11.3 Å². The molecule has 4 aromatic rings. The maximum absolute atomic E-state index is 12.8. The highest BCUT2D eigenvalue weighted by molar-refractivity contribution is 8.00. The van der Waals surface area contributed by atoms with Crippen LogP contribution in [0.5, 0.6) is 5.75 Å². The highest BCUT2D eigenvalue weighted by atomic mass is 32.2. The first-order valence-corrected chi connectivity index (χ1v) is 11.6. The Morgan fingerprint density at radius 2 is 1.76 bits per heavy atom. The van der Waals surface area contributed by atoms with E-state index in [0.717, 1.165) is 39.7 Å². The molecule has 33 heavy (non-hydrogen) atoms. The average molecular weight is 490 g/mol. The van der Waals surface area contributed by atoms with Crippen LogP contribution in [0.4, 0.5) is 13.2 Å². The average Bonchev–Trinajstić information content (AvgIpc) is 3.21. The molecule has 0 saturated heterocycles. The molecule has 0 bridgehead atoms. The van der Waals surface area contributed by atoms with Gasteiger partial charge in [-0.1, -0.05) is 48.2 Å². The lowest BCUT2D eigenvalue weighted by Gasteiger charge is -2.25. The van der Waals surface area contributed by atoms with E-state index < -0.39 is 22.6 Å². The molecule has 0 aliphatic heterocycles. The van der Waals surface area contributed by atoms with Crippen LogP contribution in [0.1, 0.15) is 18.1 Å². The number of benzene rings is 3. The molecule has 170 valence electrons. The van der Waals surface area contributed by atoms with Crippen molar-refractivity contribution in [2.75, 3.05) is 0 Å². The molecular weight excluding hydrogens is 471 g/mol. The summed E-state index contributed by atoms with van der Waals surface area (Å²) in [5, 5.41) is 10.3. The van der Waals surface area contributed by atoms with Crippen molar-refractivity contribution in [3.63, 3.8) is 0 Å². The number of thioether (sulfide) groups is 1. The monoisotopic (exact) mass is 489 g/mol. The summed E-state index contributed by atoms with van der Waals surface area (Å²) in [6, 6.07) is 19.3. The zero-order valence-electron chi connectivity index (χ0n) is 17.3. The predicted octanol–water partition coefficient (Wildman–Crippen LogP) is 7.10. The number of thiazole rings is 1. The van der Waals surface area contributed by atoms with E-state index in [-0.39, 0.29) is 0 Å². The van der Waals surface area contributed by atoms with E-state index >= 15 is 0 Å². The molecule has 0 saturated carbocycles. The van der Waals surface area contributed by atoms with Crippen LogP contribution in [-0.4, -0.2) is 21.0 Å². The van der Waals surface area contributed by atoms with Gasteiger partial charge < -0.3 is 9.84 Å². The number of rotatable bonds is 7. The SMILES string of the molecule is CC(Oc1ccccc1)(SCc1ccc2nc(-c3ccc(C(F)(F)F)cc3)sc2c1)C(=O)O. The molecule has 0 spiro atoms. The zero-order chi connectivity index (χ0) is 23.6. The maximum atomic E-state index is 12.8. The zero-order valence-corrected chi connectivity index (χ0v) is 18.9. The fourth-order valence-corrected chi connectivity index (χ4v) is 4.99. The van der Waals surface area contributed by atoms with E-state index in [1.54, 1.807) is 24.3 Å². The molecule has 0 radical (unpaired) electrons. The smallest absolute Gasteiger partial charge is 0.416 e. The fourth-order valence-electron chi connectivity index (χ4n) is 3.05. The third kappa shape index (κ3) is 5.31. The van der Waals surface area contributed by atoms with Crippen LogP contribution < -0.4 is 4.74 Å². The van der Waals surface area contributed by atoms with Crippen LogP contribution in [0.25, 0.3) is 20.8 Å². The van der Waals surface area contributed by atoms with Crippen molar-refractivity contribution in [3.8, 4) is 16.3 Å². The van der Waals surface area contributed by atoms with Crippen LogP contribution in [0.3, 0.4) is 0 Å². The summed E-state index contributed by atoms with van der Waals surface area (Å²) < 4.78 is 45.0. The first kappa shape index (κ1) is 23.1. The Bertz CT molecular complexity index is 1270. The molecule has 0 aliphatic rings. The summed E-state index contributed by atoms with van der Waals surface area (Å²) in [6.45, 7) is 1.51. The third-order valence-electron chi connectivity index (χ3n) is 4.87. The van der Waals surface area contributed by atoms with Crippen molar-refractivity contribution in [1.29, 1.82) is 0 Å². The van der Waals surface area contributed by atoms with E-state index in [1.807, 2.05) is 24.3 Å². The molecule has 4 rings (SSSR count). The second kappa shape index (κ2) is 9.07. The van der Waals surface area contributed by atoms with Gasteiger partial charge in [0.05, 0.1) is 15.8 Å². The number of halogens is 3. The lowest BCUT2D eigenvalue weighted by Crippen LogP contribution is -2.38. The Hall–Kier alpha value is -3.04. The van der Waals surface area contributed by atoms with Crippen molar-refractivity contribution < 1.29 is 27.8 Å². The number of aliphatic carboxylic acids is 1. The standard InChI is InChI=1S/C24H18F3NO3S2/c1-23(22(29)30,31-18-5-3-2-4-6-18)32-14-15-7-12-19-20(13-15)33-21(28-19)16-8-10-17(11-9-16)24(25,26)27/h2-13H,14H2,1H3,(H,29,30). The molecule has 3 aromatic carbocycles. The molecule has 1 heterocycles. The van der Waals surface area contributed by atoms with Crippen molar-refractivity contribution in [3.05, 3.63) is 83.9 Å². The third-order valence-corrected chi connectivity index (χ3v) is 7.22. The number of nitrogens with zero attached hydrogens (tertiary/aromatic N) is 1. The van der Waals surface area contributed by atoms with Gasteiger partial charge in [-0.2, -0.15) is 13.2 Å². The van der Waals surface area contributed by atoms with Crippen molar-refractivity contribution in [1.82, 2.24) is 4.98 Å². The Morgan fingerprint density at radius 3 is 2.39 bits per heavy atom. The Kier molecular flexibility index (Phi) is 6.36. The van der Waals surface area contributed by atoms with Gasteiger partial charge in [-0.25, -0.2) is 9.78 Å². The first-order chi connectivity index (χ1) is 15.6.